The van der Waals surface area contributed by atoms with E-state index in [1.807, 2.05) is 31.7 Å². The number of benzene rings is 1. The molecule has 26 heavy (non-hydrogen) atoms. The second kappa shape index (κ2) is 6.93. The van der Waals surface area contributed by atoms with E-state index >= 15 is 0 Å². The zero-order valence-corrected chi connectivity index (χ0v) is 16.2. The van der Waals surface area contributed by atoms with Crippen LogP contribution in [0.5, 0.6) is 0 Å². The van der Waals surface area contributed by atoms with Gasteiger partial charge >= 0.3 is 12.1 Å². The molecule has 0 saturated carbocycles. The number of carbonyl (C=O) groups is 2. The Hall–Kier alpha value is -2.04. The minimum absolute atomic E-state index is 0.0494. The highest BCUT2D eigenvalue weighted by Crippen LogP contribution is 2.52. The van der Waals surface area contributed by atoms with Crippen LogP contribution >= 0.6 is 0 Å². The van der Waals surface area contributed by atoms with Gasteiger partial charge in [0.2, 0.25) is 0 Å². The van der Waals surface area contributed by atoms with Gasteiger partial charge in [-0.15, -0.1) is 0 Å². The first-order valence-corrected chi connectivity index (χ1v) is 9.38. The van der Waals surface area contributed by atoms with Gasteiger partial charge in [0.05, 0.1) is 13.5 Å². The van der Waals surface area contributed by atoms with Gasteiger partial charge in [0, 0.05) is 13.1 Å². The second-order valence-electron chi connectivity index (χ2n) is 8.52. The molecule has 5 heteroatoms. The lowest BCUT2D eigenvalue weighted by Crippen LogP contribution is -2.46. The van der Waals surface area contributed by atoms with Crippen LogP contribution in [0.2, 0.25) is 0 Å². The van der Waals surface area contributed by atoms with E-state index in [2.05, 4.69) is 18.2 Å². The van der Waals surface area contributed by atoms with E-state index < -0.39 is 5.60 Å². The number of amides is 1. The summed E-state index contributed by atoms with van der Waals surface area (Å²) in [5, 5.41) is 0. The van der Waals surface area contributed by atoms with Crippen LogP contribution in [0.25, 0.3) is 0 Å². The molecule has 0 radical (unpaired) electrons. The molecule has 1 aromatic carbocycles. The molecule has 5 nitrogen and oxygen atoms in total. The van der Waals surface area contributed by atoms with Gasteiger partial charge in [0.25, 0.3) is 0 Å². The number of ether oxygens (including phenoxy) is 2. The Labute approximate surface area is 155 Å². The maximum atomic E-state index is 12.4. The van der Waals surface area contributed by atoms with Crippen molar-refractivity contribution >= 4 is 12.1 Å². The Morgan fingerprint density at radius 3 is 2.46 bits per heavy atom. The minimum atomic E-state index is -0.474. The van der Waals surface area contributed by atoms with Gasteiger partial charge in [0.15, 0.2) is 0 Å². The summed E-state index contributed by atoms with van der Waals surface area (Å²) in [5.74, 6) is 0.0415. The number of esters is 1. The lowest BCUT2D eigenvalue weighted by molar-refractivity contribution is -0.141. The molecular weight excluding hydrogens is 330 g/mol. The fraction of sp³-hybridized carbons (Fsp3) is 0.619. The number of fused-ring (bicyclic) bond motifs is 2. The van der Waals surface area contributed by atoms with Crippen LogP contribution in [0.1, 0.15) is 63.5 Å². The molecule has 1 atom stereocenters. The van der Waals surface area contributed by atoms with E-state index in [-0.39, 0.29) is 23.4 Å². The highest BCUT2D eigenvalue weighted by molar-refractivity contribution is 5.71. The van der Waals surface area contributed by atoms with Crippen LogP contribution < -0.4 is 0 Å². The van der Waals surface area contributed by atoms with Crippen LogP contribution in [0.15, 0.2) is 24.3 Å². The van der Waals surface area contributed by atoms with E-state index in [4.69, 9.17) is 9.47 Å². The Morgan fingerprint density at radius 2 is 1.85 bits per heavy atom. The molecule has 1 heterocycles. The molecular formula is C21H29NO4. The second-order valence-corrected chi connectivity index (χ2v) is 8.52. The Morgan fingerprint density at radius 1 is 1.19 bits per heavy atom. The average Bonchev–Trinajstić information content (AvgIpc) is 2.88. The molecule has 2 aliphatic rings. The largest absolute Gasteiger partial charge is 0.469 e. The van der Waals surface area contributed by atoms with Gasteiger partial charge in [-0.1, -0.05) is 24.3 Å². The van der Waals surface area contributed by atoms with E-state index in [1.54, 1.807) is 0 Å². The highest BCUT2D eigenvalue weighted by atomic mass is 16.6. The third-order valence-electron chi connectivity index (χ3n) is 5.62. The summed E-state index contributed by atoms with van der Waals surface area (Å²) < 4.78 is 10.4. The molecule has 1 spiro atoms. The Bertz CT molecular complexity index is 683. The van der Waals surface area contributed by atoms with E-state index in [0.717, 1.165) is 19.3 Å². The number of likely N-dealkylation sites (tertiary alicyclic amines) is 1. The zero-order valence-electron chi connectivity index (χ0n) is 16.2. The van der Waals surface area contributed by atoms with Crippen LogP contribution in [0.3, 0.4) is 0 Å². The first kappa shape index (κ1) is 18.7. The van der Waals surface area contributed by atoms with Crippen molar-refractivity contribution < 1.29 is 19.1 Å². The molecule has 1 amide bonds. The van der Waals surface area contributed by atoms with Gasteiger partial charge in [-0.2, -0.15) is 0 Å². The summed E-state index contributed by atoms with van der Waals surface area (Å²) in [6.45, 7) is 7.05. The molecule has 0 N–H and O–H groups in total. The quantitative estimate of drug-likeness (QED) is 0.749. The van der Waals surface area contributed by atoms with Crippen molar-refractivity contribution in [1.29, 1.82) is 0 Å². The van der Waals surface area contributed by atoms with Gasteiger partial charge < -0.3 is 14.4 Å². The topological polar surface area (TPSA) is 55.8 Å². The van der Waals surface area contributed by atoms with Gasteiger partial charge in [-0.05, 0) is 62.5 Å². The van der Waals surface area contributed by atoms with Crippen molar-refractivity contribution in [2.45, 2.75) is 63.4 Å². The highest BCUT2D eigenvalue weighted by Gasteiger charge is 2.46. The summed E-state index contributed by atoms with van der Waals surface area (Å²) >= 11 is 0. The predicted octanol–water partition coefficient (Wildman–Crippen LogP) is 4.01. The maximum Gasteiger partial charge on any atom is 0.410 e. The molecule has 1 aliphatic heterocycles. The van der Waals surface area contributed by atoms with E-state index in [0.29, 0.717) is 19.5 Å². The fourth-order valence-corrected chi connectivity index (χ4v) is 4.41. The molecule has 0 bridgehead atoms. The van der Waals surface area contributed by atoms with E-state index in [9.17, 15) is 9.59 Å². The number of hydrogen-bond donors (Lipinski definition) is 0. The van der Waals surface area contributed by atoms with Crippen molar-refractivity contribution in [3.8, 4) is 0 Å². The number of carbonyl (C=O) groups excluding carboxylic acids is 2. The number of piperidine rings is 1. The number of methoxy groups -OCH3 is 1. The fourth-order valence-electron chi connectivity index (χ4n) is 4.41. The molecule has 1 aromatic rings. The molecule has 0 unspecified atom stereocenters. The maximum absolute atomic E-state index is 12.4. The number of rotatable bonds is 2. The van der Waals surface area contributed by atoms with Crippen molar-refractivity contribution in [3.63, 3.8) is 0 Å². The summed E-state index contributed by atoms with van der Waals surface area (Å²) in [6, 6.07) is 8.44. The minimum Gasteiger partial charge on any atom is -0.469 e. The first-order chi connectivity index (χ1) is 12.2. The zero-order chi connectivity index (χ0) is 18.9. The average molecular weight is 359 g/mol. The smallest absolute Gasteiger partial charge is 0.410 e. The van der Waals surface area contributed by atoms with Crippen LogP contribution in [0, 0.1) is 0 Å². The van der Waals surface area contributed by atoms with Gasteiger partial charge in [0.1, 0.15) is 5.60 Å². The third kappa shape index (κ3) is 3.71. The number of nitrogens with zero attached hydrogens (tertiary/aromatic N) is 1. The van der Waals surface area contributed by atoms with Crippen LogP contribution in [-0.4, -0.2) is 42.8 Å². The van der Waals surface area contributed by atoms with Crippen LogP contribution in [0.4, 0.5) is 4.79 Å². The van der Waals surface area contributed by atoms with Gasteiger partial charge in [-0.3, -0.25) is 4.79 Å². The van der Waals surface area contributed by atoms with Gasteiger partial charge in [-0.25, -0.2) is 4.79 Å². The van der Waals surface area contributed by atoms with Crippen molar-refractivity contribution in [3.05, 3.63) is 35.4 Å². The SMILES string of the molecule is COC(=O)C[C@H]1CC2(CCN(C(=O)OC(C)(C)C)CC2)c2ccccc21. The molecule has 1 saturated heterocycles. The van der Waals surface area contributed by atoms with Crippen molar-refractivity contribution in [2.24, 2.45) is 0 Å². The molecule has 3 rings (SSSR count). The molecule has 1 aliphatic carbocycles. The summed E-state index contributed by atoms with van der Waals surface area (Å²) in [6.07, 6.45) is 2.95. The third-order valence-corrected chi connectivity index (χ3v) is 5.62. The lowest BCUT2D eigenvalue weighted by Gasteiger charge is -2.40. The van der Waals surface area contributed by atoms with E-state index in [1.165, 1.54) is 18.2 Å². The monoisotopic (exact) mass is 359 g/mol. The number of hydrogen-bond acceptors (Lipinski definition) is 4. The summed E-state index contributed by atoms with van der Waals surface area (Å²) in [4.78, 5) is 26.0. The molecule has 1 fully saturated rings. The lowest BCUT2D eigenvalue weighted by atomic mass is 9.73. The molecule has 142 valence electrons. The molecule has 0 aromatic heterocycles. The Kier molecular flexibility index (Phi) is 5.00. The normalized spacial score (nSPS) is 21.4. The summed E-state index contributed by atoms with van der Waals surface area (Å²) in [7, 11) is 1.44. The summed E-state index contributed by atoms with van der Waals surface area (Å²) in [5.41, 5.74) is 2.19. The Balaban J connectivity index is 1.74. The van der Waals surface area contributed by atoms with Crippen molar-refractivity contribution in [2.75, 3.05) is 20.2 Å². The van der Waals surface area contributed by atoms with Crippen molar-refractivity contribution in [1.82, 2.24) is 4.90 Å². The van der Waals surface area contributed by atoms with Crippen LogP contribution in [-0.2, 0) is 19.7 Å². The predicted molar refractivity (Wildman–Crippen MR) is 99.2 cm³/mol. The first-order valence-electron chi connectivity index (χ1n) is 9.38. The standard InChI is InChI=1S/C21H29NO4/c1-20(2,3)26-19(24)22-11-9-21(10-12-22)14-15(13-18(23)25-4)16-7-5-6-8-17(16)21/h5-8,15H,9-14H2,1-4H3/t15-/m0/s1.